The van der Waals surface area contributed by atoms with Crippen LogP contribution >= 0.6 is 0 Å². The van der Waals surface area contributed by atoms with Gasteiger partial charge in [0.15, 0.2) is 25.2 Å². The van der Waals surface area contributed by atoms with Crippen molar-refractivity contribution in [1.82, 2.24) is 10.6 Å². The Morgan fingerprint density at radius 3 is 1.20 bits per heavy atom. The fourth-order valence-electron chi connectivity index (χ4n) is 13.1. The molecule has 4 heterocycles. The topological polar surface area (TPSA) is 395 Å². The minimum atomic E-state index is -2.10. The van der Waals surface area contributed by atoms with Crippen LogP contribution in [0.5, 0.6) is 0 Å². The van der Waals surface area contributed by atoms with Gasteiger partial charge >= 0.3 is 0 Å². The number of amides is 2. The summed E-state index contributed by atoms with van der Waals surface area (Å²) < 4.78 is 46.5. The largest absolute Gasteiger partial charge is 0.394 e. The molecule has 95 heavy (non-hydrogen) atoms. The fourth-order valence-corrected chi connectivity index (χ4v) is 13.1. The minimum absolute atomic E-state index is 0.219. The molecule has 0 saturated carbocycles. The van der Waals surface area contributed by atoms with Gasteiger partial charge in [0.05, 0.1) is 45.2 Å². The highest BCUT2D eigenvalue weighted by molar-refractivity contribution is 5.76. The summed E-state index contributed by atoms with van der Waals surface area (Å²) in [5.74, 6) is -0.998. The van der Waals surface area contributed by atoms with E-state index in [1.54, 1.807) is 6.08 Å². The van der Waals surface area contributed by atoms with E-state index in [4.69, 9.17) is 37.9 Å². The van der Waals surface area contributed by atoms with Crippen LogP contribution in [0.3, 0.4) is 0 Å². The number of carbonyl (C=O) groups excluding carboxylic acids is 2. The number of ether oxygens (including phenoxy) is 8. The zero-order chi connectivity index (χ0) is 69.3. The number of rotatable bonds is 53. The average Bonchev–Trinajstić information content (AvgIpc) is 0.784. The van der Waals surface area contributed by atoms with E-state index in [1.165, 1.54) is 173 Å². The summed E-state index contributed by atoms with van der Waals surface area (Å²) >= 11 is 0. The molecular weight excluding hydrogens is 1240 g/mol. The second-order valence-electron chi connectivity index (χ2n) is 27.1. The molecule has 4 fully saturated rings. The first-order chi connectivity index (χ1) is 46.0. The Bertz CT molecular complexity index is 1970. The van der Waals surface area contributed by atoms with E-state index in [0.717, 1.165) is 45.4 Å². The summed E-state index contributed by atoms with van der Waals surface area (Å²) in [6.07, 6.45) is 11.3. The van der Waals surface area contributed by atoms with Crippen molar-refractivity contribution in [3.05, 3.63) is 12.2 Å². The Labute approximate surface area is 566 Å². The molecule has 8 unspecified atom stereocenters. The highest BCUT2D eigenvalue weighted by atomic mass is 16.8. The first-order valence-corrected chi connectivity index (χ1v) is 36.9. The molecular formula is C70H130N2O23. The molecule has 0 spiro atoms. The maximum Gasteiger partial charge on any atom is 0.220 e. The van der Waals surface area contributed by atoms with Crippen LogP contribution in [0.1, 0.15) is 252 Å². The first-order valence-electron chi connectivity index (χ1n) is 36.9. The van der Waals surface area contributed by atoms with Gasteiger partial charge in [0.2, 0.25) is 11.8 Å². The van der Waals surface area contributed by atoms with E-state index in [1.807, 2.05) is 6.08 Å². The number of nitrogens with one attached hydrogen (secondary N) is 2. The quantitative estimate of drug-likeness (QED) is 0.0284. The Balaban J connectivity index is 1.27. The van der Waals surface area contributed by atoms with Crippen molar-refractivity contribution in [2.75, 3.05) is 33.0 Å². The molecule has 25 heteroatoms. The van der Waals surface area contributed by atoms with E-state index >= 15 is 0 Å². The van der Waals surface area contributed by atoms with Crippen molar-refractivity contribution in [3.8, 4) is 0 Å². The Morgan fingerprint density at radius 2 is 0.768 bits per heavy atom. The van der Waals surface area contributed by atoms with E-state index in [9.17, 15) is 76.0 Å². The third-order valence-electron chi connectivity index (χ3n) is 19.1. The van der Waals surface area contributed by atoms with Crippen LogP contribution < -0.4 is 10.6 Å². The second-order valence-corrected chi connectivity index (χ2v) is 27.1. The summed E-state index contributed by atoms with van der Waals surface area (Å²) in [4.78, 5) is 25.5. The molecule has 0 aromatic carbocycles. The molecule has 4 saturated heterocycles. The molecule has 0 bridgehead atoms. The highest BCUT2D eigenvalue weighted by Crippen LogP contribution is 2.35. The normalized spacial score (nSPS) is 32.0. The lowest BCUT2D eigenvalue weighted by atomic mass is 9.95. The maximum atomic E-state index is 13.5. The number of unbranched alkanes of at least 4 members (excludes halogenated alkanes) is 33. The zero-order valence-electron chi connectivity index (χ0n) is 57.7. The summed E-state index contributed by atoms with van der Waals surface area (Å²) in [6, 6.07) is -2.53. The third-order valence-corrected chi connectivity index (χ3v) is 19.1. The molecule has 4 aliphatic rings. The number of hydrogen-bond donors (Lipinski definition) is 15. The van der Waals surface area contributed by atoms with Crippen molar-refractivity contribution in [1.29, 1.82) is 0 Å². The predicted octanol–water partition coefficient (Wildman–Crippen LogP) is 4.90. The van der Waals surface area contributed by atoms with Crippen LogP contribution in [0.15, 0.2) is 12.2 Å². The van der Waals surface area contributed by atoms with Crippen molar-refractivity contribution in [2.45, 2.75) is 387 Å². The summed E-state index contributed by atoms with van der Waals surface area (Å²) in [7, 11) is 0. The van der Waals surface area contributed by atoms with Crippen LogP contribution in [0.4, 0.5) is 0 Å². The molecule has 0 aliphatic carbocycles. The molecule has 4 rings (SSSR count). The van der Waals surface area contributed by atoms with Crippen LogP contribution in [0, 0.1) is 0 Å². The lowest BCUT2D eigenvalue weighted by Crippen LogP contribution is -2.69. The molecule has 558 valence electrons. The van der Waals surface area contributed by atoms with Gasteiger partial charge in [-0.1, -0.05) is 231 Å². The van der Waals surface area contributed by atoms with Gasteiger partial charge in [-0.25, -0.2) is 0 Å². The average molecular weight is 1370 g/mol. The third kappa shape index (κ3) is 30.9. The molecule has 0 aromatic rings. The van der Waals surface area contributed by atoms with Crippen LogP contribution in [0.25, 0.3) is 0 Å². The molecule has 25 nitrogen and oxygen atoms in total. The van der Waals surface area contributed by atoms with E-state index < -0.39 is 174 Å². The second kappa shape index (κ2) is 50.2. The first kappa shape index (κ1) is 85.3. The summed E-state index contributed by atoms with van der Waals surface area (Å²) in [5.41, 5.74) is 0. The van der Waals surface area contributed by atoms with E-state index in [-0.39, 0.29) is 12.3 Å². The molecule has 15 N–H and O–H groups in total. The van der Waals surface area contributed by atoms with Gasteiger partial charge in [0.25, 0.3) is 0 Å². The van der Waals surface area contributed by atoms with Gasteiger partial charge in [-0.05, 0) is 19.3 Å². The lowest BCUT2D eigenvalue weighted by molar-refractivity contribution is -0.386. The lowest BCUT2D eigenvalue weighted by Gasteiger charge is -2.49. The monoisotopic (exact) mass is 1370 g/mol. The summed E-state index contributed by atoms with van der Waals surface area (Å²) in [6.45, 7) is 1.65. The number of hydrogen-bond acceptors (Lipinski definition) is 23. The van der Waals surface area contributed by atoms with Gasteiger partial charge in [0.1, 0.15) is 97.6 Å². The number of aliphatic hydroxyl groups is 13. The summed E-state index contributed by atoms with van der Waals surface area (Å²) in [5, 5.41) is 148. The van der Waals surface area contributed by atoms with Crippen molar-refractivity contribution >= 4 is 11.8 Å². The van der Waals surface area contributed by atoms with Crippen LogP contribution in [0.2, 0.25) is 0 Å². The van der Waals surface area contributed by atoms with E-state index in [2.05, 4.69) is 24.5 Å². The van der Waals surface area contributed by atoms with E-state index in [0.29, 0.717) is 12.8 Å². The number of allylic oxidation sites excluding steroid dienone is 1. The Morgan fingerprint density at radius 1 is 0.411 bits per heavy atom. The number of carbonyl (C=O) groups is 2. The Hall–Kier alpha value is -2.16. The van der Waals surface area contributed by atoms with Crippen molar-refractivity contribution in [2.24, 2.45) is 0 Å². The zero-order valence-corrected chi connectivity index (χ0v) is 57.7. The Kier molecular flexibility index (Phi) is 45.1. The molecule has 4 aliphatic heterocycles. The predicted molar refractivity (Wildman–Crippen MR) is 354 cm³/mol. The maximum absolute atomic E-state index is 13.5. The molecule has 22 atom stereocenters. The number of aliphatic hydroxyl groups excluding tert-OH is 13. The van der Waals surface area contributed by atoms with Crippen LogP contribution in [-0.4, -0.2) is 246 Å². The smallest absolute Gasteiger partial charge is 0.220 e. The van der Waals surface area contributed by atoms with Crippen LogP contribution in [-0.2, 0) is 47.5 Å². The van der Waals surface area contributed by atoms with Gasteiger partial charge < -0.3 is 115 Å². The van der Waals surface area contributed by atoms with Gasteiger partial charge in [-0.3, -0.25) is 9.59 Å². The fraction of sp³-hybridized carbons (Fsp3) is 0.943. The highest BCUT2D eigenvalue weighted by Gasteiger charge is 2.56. The molecule has 0 aromatic heterocycles. The van der Waals surface area contributed by atoms with Gasteiger partial charge in [0, 0.05) is 13.3 Å². The van der Waals surface area contributed by atoms with Crippen molar-refractivity contribution in [3.63, 3.8) is 0 Å². The minimum Gasteiger partial charge on any atom is -0.394 e. The molecule has 0 radical (unpaired) electrons. The molecule has 2 amide bonds. The van der Waals surface area contributed by atoms with Gasteiger partial charge in [-0.2, -0.15) is 0 Å². The SMILES string of the molecule is CCCCCCCCCCCCC/C=C/[C@@H](O)[C@H](CO[C@@H]1OC(CO)[C@@H](O[C@@H]2OC(CO)[C@H](O[C@@H]3OC(CO)[C@H](O)[C@H](O[C@@H]4OC(CO)[C@@H](O)[C@H](O)C4NC(C)=O)C3O)[C@H](O)C2O)[C@H](O)C1O)NC(=O)CCCCCCCCCCCCCCCCCCCCCCCCC. The van der Waals surface area contributed by atoms with Crippen molar-refractivity contribution < 1.29 is 114 Å². The standard InChI is InChI=1S/C70H130N2O23/c1-4-6-8-10-12-14-16-18-19-20-21-22-23-24-25-26-27-29-31-33-35-37-39-41-54(79)72-48(49(78)40-38-36-34-32-30-28-17-15-13-11-9-7-5-2)46-88-68-61(85)59(83)64(52(44-75)91-68)93-69-62(86)60(84)65(53(45-76)92-69)94-70-63(87)66(57(81)51(43-74)90-70)95-67-55(71-47(3)77)58(82)56(80)50(42-73)89-67/h38,40,48-53,55-70,73-76,78,80-87H,4-37,39,41-46H2,1-3H3,(H,71,77)(H,72,79)/b40-38+/t48-,49+,50?,51?,52?,53?,55?,56+,57-,58+,59+,60+,61?,62?,63?,64+,65-,66-,67-,68+,69-,70-/m0/s1. The van der Waals surface area contributed by atoms with Gasteiger partial charge in [-0.15, -0.1) is 0 Å².